The molecular weight excluding hydrogens is 416 g/mol. The molecule has 0 amide bonds. The van der Waals surface area contributed by atoms with Gasteiger partial charge in [-0.05, 0) is 47.7 Å². The number of benzene rings is 1. The van der Waals surface area contributed by atoms with Crippen LogP contribution in [0.3, 0.4) is 0 Å². The van der Waals surface area contributed by atoms with Crippen LogP contribution in [0.4, 0.5) is 13.2 Å². The van der Waals surface area contributed by atoms with E-state index in [4.69, 9.17) is 0 Å². The number of hydrogen-bond donors (Lipinski definition) is 0. The zero-order valence-corrected chi connectivity index (χ0v) is 12.3. The first-order chi connectivity index (χ1) is 7.70. The Morgan fingerprint density at radius 3 is 2.47 bits per heavy atom. The highest BCUT2D eigenvalue weighted by Crippen LogP contribution is 2.28. The second kappa shape index (κ2) is 5.55. The maximum absolute atomic E-state index is 12.0. The van der Waals surface area contributed by atoms with E-state index < -0.39 is 6.36 Å². The van der Waals surface area contributed by atoms with Crippen molar-refractivity contribution in [3.63, 3.8) is 0 Å². The van der Waals surface area contributed by atoms with E-state index in [0.29, 0.717) is 5.56 Å². The lowest BCUT2D eigenvalue weighted by Gasteiger charge is -2.11. The summed E-state index contributed by atoms with van der Waals surface area (Å²) in [5.41, 5.74) is 0.341. The van der Waals surface area contributed by atoms with Crippen LogP contribution in [0.15, 0.2) is 18.2 Å². The van der Waals surface area contributed by atoms with Crippen molar-refractivity contribution in [2.75, 3.05) is 0 Å². The Morgan fingerprint density at radius 1 is 1.47 bits per heavy atom. The molecule has 94 valence electrons. The van der Waals surface area contributed by atoms with Crippen LogP contribution < -0.4 is 4.74 Å². The highest BCUT2D eigenvalue weighted by molar-refractivity contribution is 14.1. The van der Waals surface area contributed by atoms with E-state index in [0.717, 1.165) is 6.07 Å². The zero-order chi connectivity index (χ0) is 13.2. The molecule has 0 aliphatic heterocycles. The molecule has 1 rings (SSSR count). The number of carbonyl (C=O) groups is 1. The molecule has 17 heavy (non-hydrogen) atoms. The molecule has 0 aromatic heterocycles. The second-order valence-electron chi connectivity index (χ2n) is 3.17. The van der Waals surface area contributed by atoms with Gasteiger partial charge in [0.2, 0.25) is 0 Å². The summed E-state index contributed by atoms with van der Waals surface area (Å²) in [6.07, 6.45) is -4.73. The number of hydrogen-bond acceptors (Lipinski definition) is 2. The Hall–Kier alpha value is -0.310. The van der Waals surface area contributed by atoms with E-state index in [-0.39, 0.29) is 19.9 Å². The lowest BCUT2D eigenvalue weighted by atomic mass is 10.1. The standard InChI is InChI=1S/C10H7BrF3IO2/c1-5(11)9(16)6-2-3-8(7(15)4-6)17-10(12,13)14/h2-5H,1H3. The minimum Gasteiger partial charge on any atom is -0.405 e. The number of ether oxygens (including phenoxy) is 1. The van der Waals surface area contributed by atoms with Gasteiger partial charge >= 0.3 is 6.36 Å². The van der Waals surface area contributed by atoms with Crippen LogP contribution in [-0.4, -0.2) is 17.0 Å². The lowest BCUT2D eigenvalue weighted by molar-refractivity contribution is -0.274. The van der Waals surface area contributed by atoms with Crippen molar-refractivity contribution in [2.24, 2.45) is 0 Å². The summed E-state index contributed by atoms with van der Waals surface area (Å²) in [4.78, 5) is 11.2. The Balaban J connectivity index is 2.98. The van der Waals surface area contributed by atoms with Crippen molar-refractivity contribution >= 4 is 44.3 Å². The fraction of sp³-hybridized carbons (Fsp3) is 0.300. The zero-order valence-electron chi connectivity index (χ0n) is 8.52. The maximum Gasteiger partial charge on any atom is 0.573 e. The Morgan fingerprint density at radius 2 is 2.06 bits per heavy atom. The van der Waals surface area contributed by atoms with Crippen molar-refractivity contribution in [1.29, 1.82) is 0 Å². The fourth-order valence-electron chi connectivity index (χ4n) is 1.09. The predicted octanol–water partition coefficient (Wildman–Crippen LogP) is 4.16. The molecule has 7 heteroatoms. The summed E-state index contributed by atoms with van der Waals surface area (Å²) in [5.74, 6) is -0.502. The van der Waals surface area contributed by atoms with Crippen LogP contribution in [0.2, 0.25) is 0 Å². The van der Waals surface area contributed by atoms with Gasteiger partial charge in [0, 0.05) is 5.56 Å². The second-order valence-corrected chi connectivity index (χ2v) is 5.71. The third-order valence-corrected chi connectivity index (χ3v) is 3.06. The summed E-state index contributed by atoms with van der Waals surface area (Å²) in [6.45, 7) is 1.65. The number of ketones is 1. The number of rotatable bonds is 3. The van der Waals surface area contributed by atoms with Crippen LogP contribution in [-0.2, 0) is 0 Å². The molecule has 1 unspecified atom stereocenters. The van der Waals surface area contributed by atoms with Gasteiger partial charge in [0.25, 0.3) is 0 Å². The monoisotopic (exact) mass is 422 g/mol. The molecule has 0 fully saturated rings. The molecule has 0 aliphatic rings. The van der Waals surface area contributed by atoms with Gasteiger partial charge in [-0.3, -0.25) is 4.79 Å². The van der Waals surface area contributed by atoms with Gasteiger partial charge in [-0.15, -0.1) is 13.2 Å². The van der Waals surface area contributed by atoms with Crippen molar-refractivity contribution in [1.82, 2.24) is 0 Å². The molecule has 0 saturated carbocycles. The number of carbonyl (C=O) groups excluding carboxylic acids is 1. The normalized spacial score (nSPS) is 13.3. The molecule has 0 aliphatic carbocycles. The van der Waals surface area contributed by atoms with Crippen molar-refractivity contribution < 1.29 is 22.7 Å². The smallest absolute Gasteiger partial charge is 0.405 e. The maximum atomic E-state index is 12.0. The van der Waals surface area contributed by atoms with Gasteiger partial charge in [0.05, 0.1) is 8.40 Å². The van der Waals surface area contributed by atoms with Crippen molar-refractivity contribution in [3.8, 4) is 5.75 Å². The van der Waals surface area contributed by atoms with E-state index >= 15 is 0 Å². The molecule has 0 saturated heterocycles. The summed E-state index contributed by atoms with van der Waals surface area (Å²) >= 11 is 4.80. The molecule has 0 spiro atoms. The van der Waals surface area contributed by atoms with E-state index in [1.807, 2.05) is 0 Å². The van der Waals surface area contributed by atoms with Crippen LogP contribution in [0.1, 0.15) is 17.3 Å². The molecule has 1 aromatic carbocycles. The highest BCUT2D eigenvalue weighted by atomic mass is 127. The average Bonchev–Trinajstić information content (AvgIpc) is 2.18. The van der Waals surface area contributed by atoms with Gasteiger partial charge in [-0.2, -0.15) is 0 Å². The summed E-state index contributed by atoms with van der Waals surface area (Å²) in [7, 11) is 0. The first kappa shape index (κ1) is 14.7. The predicted molar refractivity (Wildman–Crippen MR) is 68.6 cm³/mol. The van der Waals surface area contributed by atoms with Crippen LogP contribution in [0.5, 0.6) is 5.75 Å². The van der Waals surface area contributed by atoms with Gasteiger partial charge in [-0.25, -0.2) is 0 Å². The third kappa shape index (κ3) is 4.46. The Bertz CT molecular complexity index is 432. The van der Waals surface area contributed by atoms with Gasteiger partial charge in [-0.1, -0.05) is 15.9 Å². The largest absolute Gasteiger partial charge is 0.573 e. The minimum absolute atomic E-state index is 0.193. The van der Waals surface area contributed by atoms with Gasteiger partial charge < -0.3 is 4.74 Å². The molecule has 0 N–H and O–H groups in total. The lowest BCUT2D eigenvalue weighted by Crippen LogP contribution is -2.18. The van der Waals surface area contributed by atoms with E-state index in [1.165, 1.54) is 12.1 Å². The fourth-order valence-corrected chi connectivity index (χ4v) is 1.98. The first-order valence-corrected chi connectivity index (χ1v) is 6.44. The van der Waals surface area contributed by atoms with Crippen LogP contribution in [0, 0.1) is 3.57 Å². The quantitative estimate of drug-likeness (QED) is 0.415. The van der Waals surface area contributed by atoms with Gasteiger partial charge in [0.1, 0.15) is 5.75 Å². The summed E-state index contributed by atoms with van der Waals surface area (Å²) in [5, 5.41) is 0. The van der Waals surface area contributed by atoms with Crippen LogP contribution in [0.25, 0.3) is 0 Å². The topological polar surface area (TPSA) is 26.3 Å². The Labute approximate surface area is 118 Å². The van der Waals surface area contributed by atoms with Gasteiger partial charge in [0.15, 0.2) is 5.78 Å². The first-order valence-electron chi connectivity index (χ1n) is 4.44. The number of Topliss-reactive ketones (excluding diaryl/α,β-unsaturated/α-hetero) is 1. The number of halogens is 5. The number of alkyl halides is 4. The molecular formula is C10H7BrF3IO2. The van der Waals surface area contributed by atoms with E-state index in [9.17, 15) is 18.0 Å². The molecule has 0 bridgehead atoms. The molecule has 0 radical (unpaired) electrons. The molecule has 1 aromatic rings. The molecule has 0 heterocycles. The average molecular weight is 423 g/mol. The van der Waals surface area contributed by atoms with Crippen molar-refractivity contribution in [3.05, 3.63) is 27.3 Å². The van der Waals surface area contributed by atoms with E-state index in [1.54, 1.807) is 29.5 Å². The summed E-state index contributed by atoms with van der Waals surface area (Å²) in [6, 6.07) is 3.81. The highest BCUT2D eigenvalue weighted by Gasteiger charge is 2.32. The third-order valence-electron chi connectivity index (χ3n) is 1.80. The molecule has 1 atom stereocenters. The van der Waals surface area contributed by atoms with Crippen molar-refractivity contribution in [2.45, 2.75) is 18.1 Å². The SMILES string of the molecule is CC(Br)C(=O)c1ccc(OC(F)(F)F)c(I)c1. The van der Waals surface area contributed by atoms with E-state index in [2.05, 4.69) is 20.7 Å². The van der Waals surface area contributed by atoms with Crippen LogP contribution >= 0.6 is 38.5 Å². The minimum atomic E-state index is -4.73. The Kier molecular flexibility index (Phi) is 4.82. The molecule has 2 nitrogen and oxygen atoms in total. The summed E-state index contributed by atoms with van der Waals surface area (Å²) < 4.78 is 40.1.